The number of hydrogen-bond donors (Lipinski definition) is 3. The van der Waals surface area contributed by atoms with E-state index in [-0.39, 0.29) is 21.4 Å². The summed E-state index contributed by atoms with van der Waals surface area (Å²) in [7, 11) is -2.40. The zero-order valence-electron chi connectivity index (χ0n) is 12.4. The summed E-state index contributed by atoms with van der Waals surface area (Å²) in [6, 6.07) is 0. The van der Waals surface area contributed by atoms with E-state index in [4.69, 9.17) is 5.11 Å². The number of hydrogen-bond acceptors (Lipinski definition) is 6. The zero-order valence-corrected chi connectivity index (χ0v) is 14.1. The number of hydrazone groups is 1. The molecule has 0 atom stereocenters. The van der Waals surface area contributed by atoms with Gasteiger partial charge in [-0.25, -0.2) is 18.1 Å². The highest BCUT2D eigenvalue weighted by Crippen LogP contribution is 2.21. The van der Waals surface area contributed by atoms with Gasteiger partial charge in [-0.15, -0.1) is 12.6 Å². The Kier molecular flexibility index (Phi) is 5.46. The Labute approximate surface area is 130 Å². The van der Waals surface area contributed by atoms with Crippen LogP contribution in [-0.4, -0.2) is 44.3 Å². The SMILES string of the molecule is CN=C(NS(=O)(=O)/C(S)=C/C=C(\C)O)N1CC(C)(C)C=N1. The van der Waals surface area contributed by atoms with Crippen LogP contribution < -0.4 is 4.72 Å². The number of nitrogens with one attached hydrogen (secondary N) is 1. The molecule has 0 aromatic carbocycles. The minimum atomic E-state index is -3.87. The van der Waals surface area contributed by atoms with Crippen molar-refractivity contribution in [1.29, 1.82) is 0 Å². The second-order valence-corrected chi connectivity index (χ2v) is 7.69. The highest BCUT2D eigenvalue weighted by molar-refractivity contribution is 8.09. The molecule has 2 N–H and O–H groups in total. The van der Waals surface area contributed by atoms with Gasteiger partial charge in [0.1, 0.15) is 4.24 Å². The van der Waals surface area contributed by atoms with Gasteiger partial charge < -0.3 is 5.11 Å². The normalized spacial score (nSPS) is 20.0. The number of guanidine groups is 1. The number of nitrogens with zero attached hydrogens (tertiary/aromatic N) is 3. The Morgan fingerprint density at radius 2 is 2.14 bits per heavy atom. The Bertz CT molecular complexity index is 614. The number of aliphatic imine (C=N–C) groups is 1. The smallest absolute Gasteiger partial charge is 0.270 e. The van der Waals surface area contributed by atoms with E-state index in [1.165, 1.54) is 31.1 Å². The second-order valence-electron chi connectivity index (χ2n) is 5.26. The van der Waals surface area contributed by atoms with E-state index in [1.54, 1.807) is 6.21 Å². The van der Waals surface area contributed by atoms with E-state index < -0.39 is 10.0 Å². The van der Waals surface area contributed by atoms with E-state index >= 15 is 0 Å². The molecule has 0 saturated carbocycles. The monoisotopic (exact) mass is 332 g/mol. The van der Waals surface area contributed by atoms with Gasteiger partial charge in [-0.05, 0) is 19.1 Å². The predicted octanol–water partition coefficient (Wildman–Crippen LogP) is 1.45. The molecule has 9 heteroatoms. The van der Waals surface area contributed by atoms with Crippen LogP contribution in [0.5, 0.6) is 0 Å². The molecule has 1 aliphatic heterocycles. The van der Waals surface area contributed by atoms with Crippen molar-refractivity contribution in [2.75, 3.05) is 13.6 Å². The van der Waals surface area contributed by atoms with Crippen molar-refractivity contribution in [2.45, 2.75) is 20.8 Å². The number of thiol groups is 1. The first-order valence-corrected chi connectivity index (χ1v) is 8.09. The van der Waals surface area contributed by atoms with Gasteiger partial charge in [0.05, 0.1) is 12.3 Å². The molecular weight excluding hydrogens is 312 g/mol. The number of aliphatic hydroxyl groups is 1. The minimum Gasteiger partial charge on any atom is -0.513 e. The molecule has 0 aliphatic carbocycles. The summed E-state index contributed by atoms with van der Waals surface area (Å²) in [6.45, 7) is 5.91. The van der Waals surface area contributed by atoms with Crippen LogP contribution in [0, 0.1) is 5.41 Å². The zero-order chi connectivity index (χ0) is 16.3. The summed E-state index contributed by atoms with van der Waals surface area (Å²) in [5, 5.41) is 14.7. The third kappa shape index (κ3) is 5.09. The fraction of sp³-hybridized carbons (Fsp3) is 0.500. The van der Waals surface area contributed by atoms with Gasteiger partial charge in [0, 0.05) is 18.7 Å². The van der Waals surface area contributed by atoms with Crippen LogP contribution in [0.3, 0.4) is 0 Å². The van der Waals surface area contributed by atoms with E-state index in [0.717, 1.165) is 0 Å². The average Bonchev–Trinajstić information content (AvgIpc) is 2.73. The fourth-order valence-corrected chi connectivity index (χ4v) is 2.49. The van der Waals surface area contributed by atoms with Crippen LogP contribution in [0.4, 0.5) is 0 Å². The van der Waals surface area contributed by atoms with Crippen molar-refractivity contribution in [3.63, 3.8) is 0 Å². The third-order valence-electron chi connectivity index (χ3n) is 2.53. The van der Waals surface area contributed by atoms with Gasteiger partial charge in [-0.3, -0.25) is 4.99 Å². The van der Waals surface area contributed by atoms with Crippen molar-refractivity contribution >= 4 is 34.8 Å². The van der Waals surface area contributed by atoms with E-state index in [9.17, 15) is 8.42 Å². The van der Waals surface area contributed by atoms with Gasteiger partial charge in [0.15, 0.2) is 0 Å². The summed E-state index contributed by atoms with van der Waals surface area (Å²) < 4.78 is 26.3. The lowest BCUT2D eigenvalue weighted by molar-refractivity contribution is 0.379. The molecule has 0 bridgehead atoms. The highest BCUT2D eigenvalue weighted by Gasteiger charge is 2.29. The van der Waals surface area contributed by atoms with Crippen molar-refractivity contribution in [3.8, 4) is 0 Å². The van der Waals surface area contributed by atoms with Gasteiger partial charge in [-0.2, -0.15) is 5.10 Å². The minimum absolute atomic E-state index is 0.0213. The van der Waals surface area contributed by atoms with Crippen LogP contribution in [0.2, 0.25) is 0 Å². The molecule has 0 aromatic rings. The van der Waals surface area contributed by atoms with Gasteiger partial charge in [-0.1, -0.05) is 13.8 Å². The molecular formula is C12H20N4O3S2. The molecule has 1 heterocycles. The van der Waals surface area contributed by atoms with Crippen LogP contribution >= 0.6 is 12.6 Å². The maximum Gasteiger partial charge on any atom is 0.270 e. The van der Waals surface area contributed by atoms with Gasteiger partial charge in [0.2, 0.25) is 5.96 Å². The molecule has 0 spiro atoms. The largest absolute Gasteiger partial charge is 0.513 e. The number of sulfonamides is 1. The Morgan fingerprint density at radius 1 is 1.52 bits per heavy atom. The van der Waals surface area contributed by atoms with Crippen molar-refractivity contribution in [2.24, 2.45) is 15.5 Å². The summed E-state index contributed by atoms with van der Waals surface area (Å²) in [5.41, 5.74) is -0.155. The lowest BCUT2D eigenvalue weighted by Gasteiger charge is -2.21. The maximum absolute atomic E-state index is 12.1. The first-order valence-electron chi connectivity index (χ1n) is 6.16. The molecule has 7 nitrogen and oxygen atoms in total. The highest BCUT2D eigenvalue weighted by atomic mass is 32.3. The summed E-state index contributed by atoms with van der Waals surface area (Å²) >= 11 is 3.92. The summed E-state index contributed by atoms with van der Waals surface area (Å²) in [4.78, 5) is 3.91. The molecule has 0 unspecified atom stereocenters. The van der Waals surface area contributed by atoms with Crippen LogP contribution in [0.25, 0.3) is 0 Å². The van der Waals surface area contributed by atoms with Crippen LogP contribution in [0.1, 0.15) is 20.8 Å². The van der Waals surface area contributed by atoms with Crippen molar-refractivity contribution in [3.05, 3.63) is 22.1 Å². The van der Waals surface area contributed by atoms with Crippen LogP contribution in [-0.2, 0) is 10.0 Å². The van der Waals surface area contributed by atoms with Crippen molar-refractivity contribution < 1.29 is 13.5 Å². The number of aliphatic hydroxyl groups excluding tert-OH is 1. The standard InChI is InChI=1S/C12H20N4O3S2/c1-9(17)5-6-10(20)21(18,19)15-11(13-4)16-8-12(2,3)7-14-16/h5-7,17,20H,8H2,1-4H3,(H,13,15)/b9-5+,10-6+. The van der Waals surface area contributed by atoms with Crippen LogP contribution in [0.15, 0.2) is 32.2 Å². The Morgan fingerprint density at radius 3 is 2.57 bits per heavy atom. The topological polar surface area (TPSA) is 94.4 Å². The lowest BCUT2D eigenvalue weighted by atomic mass is 9.97. The number of rotatable bonds is 3. The average molecular weight is 332 g/mol. The molecule has 1 rings (SSSR count). The fourth-order valence-electron chi connectivity index (χ4n) is 1.49. The molecule has 21 heavy (non-hydrogen) atoms. The summed E-state index contributed by atoms with van der Waals surface area (Å²) in [5.74, 6) is 0.0912. The maximum atomic E-state index is 12.1. The van der Waals surface area contributed by atoms with Crippen molar-refractivity contribution in [1.82, 2.24) is 9.73 Å². The summed E-state index contributed by atoms with van der Waals surface area (Å²) in [6.07, 6.45) is 4.16. The molecule has 0 aromatic heterocycles. The third-order valence-corrected chi connectivity index (χ3v) is 4.54. The van der Waals surface area contributed by atoms with Gasteiger partial charge >= 0.3 is 0 Å². The molecule has 0 saturated heterocycles. The first kappa shape index (κ1) is 17.6. The molecule has 0 radical (unpaired) electrons. The molecule has 0 amide bonds. The predicted molar refractivity (Wildman–Crippen MR) is 87.8 cm³/mol. The first-order chi connectivity index (χ1) is 9.57. The molecule has 1 aliphatic rings. The van der Waals surface area contributed by atoms with Gasteiger partial charge in [0.25, 0.3) is 10.0 Å². The lowest BCUT2D eigenvalue weighted by Crippen LogP contribution is -2.42. The van der Waals surface area contributed by atoms with E-state index in [0.29, 0.717) is 6.54 Å². The quantitative estimate of drug-likeness (QED) is 0.240. The Balaban J connectivity index is 2.90. The molecule has 118 valence electrons. The molecule has 0 fully saturated rings. The van der Waals surface area contributed by atoms with E-state index in [2.05, 4.69) is 27.4 Å². The van der Waals surface area contributed by atoms with E-state index in [1.807, 2.05) is 13.8 Å². The second kappa shape index (κ2) is 6.52. The Hall–Kier alpha value is -1.48. The number of allylic oxidation sites excluding steroid dienone is 3.